The number of rotatable bonds is 4. The van der Waals surface area contributed by atoms with Gasteiger partial charge in [-0.1, -0.05) is 30.3 Å². The summed E-state index contributed by atoms with van der Waals surface area (Å²) in [7, 11) is 0. The van der Waals surface area contributed by atoms with Gasteiger partial charge in [0.15, 0.2) is 0 Å². The van der Waals surface area contributed by atoms with Gasteiger partial charge in [-0.25, -0.2) is 0 Å². The molecule has 2 heteroatoms. The van der Waals surface area contributed by atoms with Crippen molar-refractivity contribution in [3.63, 3.8) is 0 Å². The van der Waals surface area contributed by atoms with E-state index in [1.54, 1.807) is 0 Å². The molecule has 0 saturated carbocycles. The molecule has 0 bridgehead atoms. The van der Waals surface area contributed by atoms with Crippen molar-refractivity contribution in [3.8, 4) is 0 Å². The third kappa shape index (κ3) is 2.54. The van der Waals surface area contributed by atoms with Crippen LogP contribution >= 0.6 is 0 Å². The Hall–Kier alpha value is -0.860. The summed E-state index contributed by atoms with van der Waals surface area (Å²) in [5, 5.41) is 9.74. The first-order valence-electron chi connectivity index (χ1n) is 4.71. The fraction of sp³-hybridized carbons (Fsp3) is 0.455. The van der Waals surface area contributed by atoms with Crippen LogP contribution in [0, 0.1) is 0 Å². The lowest BCUT2D eigenvalue weighted by Gasteiger charge is -2.08. The average molecular weight is 178 g/mol. The lowest BCUT2D eigenvalue weighted by Crippen LogP contribution is -1.98. The molecule has 1 aliphatic rings. The number of hydrogen-bond acceptors (Lipinski definition) is 2. The van der Waals surface area contributed by atoms with E-state index in [2.05, 4.69) is 0 Å². The maximum absolute atomic E-state index is 9.74. The summed E-state index contributed by atoms with van der Waals surface area (Å²) in [6, 6.07) is 9.77. The lowest BCUT2D eigenvalue weighted by atomic mass is 10.0. The van der Waals surface area contributed by atoms with Crippen LogP contribution in [0.3, 0.4) is 0 Å². The van der Waals surface area contributed by atoms with E-state index in [1.807, 2.05) is 30.3 Å². The highest BCUT2D eigenvalue weighted by atomic mass is 16.6. The topological polar surface area (TPSA) is 32.8 Å². The van der Waals surface area contributed by atoms with Crippen LogP contribution in [0.25, 0.3) is 0 Å². The highest BCUT2D eigenvalue weighted by Crippen LogP contribution is 2.23. The summed E-state index contributed by atoms with van der Waals surface area (Å²) in [6.07, 6.45) is 1.86. The maximum atomic E-state index is 9.74. The standard InChI is InChI=1S/C11H14O2/c12-11(7-6-10-8-13-10)9-4-2-1-3-5-9/h1-5,10-12H,6-8H2. The highest BCUT2D eigenvalue weighted by Gasteiger charge is 2.23. The molecule has 2 nitrogen and oxygen atoms in total. The van der Waals surface area contributed by atoms with E-state index in [0.717, 1.165) is 25.0 Å². The largest absolute Gasteiger partial charge is 0.388 e. The molecule has 0 aromatic heterocycles. The van der Waals surface area contributed by atoms with Crippen molar-refractivity contribution >= 4 is 0 Å². The van der Waals surface area contributed by atoms with Crippen molar-refractivity contribution < 1.29 is 9.84 Å². The number of epoxide rings is 1. The van der Waals surface area contributed by atoms with Crippen molar-refractivity contribution in [3.05, 3.63) is 35.9 Å². The minimum Gasteiger partial charge on any atom is -0.388 e. The maximum Gasteiger partial charge on any atom is 0.0811 e. The third-order valence-corrected chi connectivity index (χ3v) is 2.35. The van der Waals surface area contributed by atoms with Crippen LogP contribution in [-0.2, 0) is 4.74 Å². The molecule has 1 aromatic carbocycles. The summed E-state index contributed by atoms with van der Waals surface area (Å²) in [5.41, 5.74) is 1.00. The molecular formula is C11H14O2. The van der Waals surface area contributed by atoms with E-state index in [1.165, 1.54) is 0 Å². The van der Waals surface area contributed by atoms with Crippen molar-refractivity contribution in [1.82, 2.24) is 0 Å². The van der Waals surface area contributed by atoms with Gasteiger partial charge < -0.3 is 9.84 Å². The molecule has 2 rings (SSSR count). The Morgan fingerprint density at radius 3 is 2.69 bits per heavy atom. The van der Waals surface area contributed by atoms with Gasteiger partial charge in [-0.15, -0.1) is 0 Å². The molecule has 70 valence electrons. The fourth-order valence-electron chi connectivity index (χ4n) is 1.42. The van der Waals surface area contributed by atoms with E-state index < -0.39 is 0 Å². The molecule has 0 aliphatic carbocycles. The zero-order valence-electron chi connectivity index (χ0n) is 7.52. The number of benzene rings is 1. The molecule has 1 saturated heterocycles. The van der Waals surface area contributed by atoms with Crippen molar-refractivity contribution in [2.75, 3.05) is 6.61 Å². The minimum atomic E-state index is -0.328. The fourth-order valence-corrected chi connectivity index (χ4v) is 1.42. The van der Waals surface area contributed by atoms with Crippen LogP contribution in [-0.4, -0.2) is 17.8 Å². The van der Waals surface area contributed by atoms with Gasteiger partial charge in [0.25, 0.3) is 0 Å². The summed E-state index contributed by atoms with van der Waals surface area (Å²) >= 11 is 0. The van der Waals surface area contributed by atoms with E-state index in [9.17, 15) is 5.11 Å². The molecule has 1 heterocycles. The monoisotopic (exact) mass is 178 g/mol. The quantitative estimate of drug-likeness (QED) is 0.714. The summed E-state index contributed by atoms with van der Waals surface area (Å²) in [5.74, 6) is 0. The van der Waals surface area contributed by atoms with Gasteiger partial charge in [-0.2, -0.15) is 0 Å². The molecule has 1 aliphatic heterocycles. The Bertz CT molecular complexity index is 254. The second-order valence-corrected chi connectivity index (χ2v) is 3.46. The zero-order chi connectivity index (χ0) is 9.10. The number of aliphatic hydroxyl groups is 1. The highest BCUT2D eigenvalue weighted by molar-refractivity contribution is 5.17. The van der Waals surface area contributed by atoms with Crippen LogP contribution in [0.2, 0.25) is 0 Å². The average Bonchev–Trinajstić information content (AvgIpc) is 2.99. The second kappa shape index (κ2) is 3.90. The normalized spacial score (nSPS) is 22.7. The third-order valence-electron chi connectivity index (χ3n) is 2.35. The van der Waals surface area contributed by atoms with Gasteiger partial charge in [0.2, 0.25) is 0 Å². The number of hydrogen-bond donors (Lipinski definition) is 1. The molecule has 13 heavy (non-hydrogen) atoms. The lowest BCUT2D eigenvalue weighted by molar-refractivity contribution is 0.160. The number of ether oxygens (including phenoxy) is 1. The molecule has 1 N–H and O–H groups in total. The van der Waals surface area contributed by atoms with E-state index in [4.69, 9.17) is 4.74 Å². The van der Waals surface area contributed by atoms with Gasteiger partial charge in [-0.3, -0.25) is 0 Å². The Kier molecular flexibility index (Phi) is 2.62. The van der Waals surface area contributed by atoms with Gasteiger partial charge in [0.1, 0.15) is 0 Å². The van der Waals surface area contributed by atoms with Gasteiger partial charge in [0.05, 0.1) is 18.8 Å². The Morgan fingerprint density at radius 1 is 1.38 bits per heavy atom. The van der Waals surface area contributed by atoms with E-state index in [-0.39, 0.29) is 6.10 Å². The molecule has 0 amide bonds. The first-order valence-corrected chi connectivity index (χ1v) is 4.71. The molecule has 1 aromatic rings. The van der Waals surface area contributed by atoms with Gasteiger partial charge in [0, 0.05) is 0 Å². The minimum absolute atomic E-state index is 0.328. The Labute approximate surface area is 78.2 Å². The van der Waals surface area contributed by atoms with Crippen LogP contribution in [0.1, 0.15) is 24.5 Å². The van der Waals surface area contributed by atoms with Crippen LogP contribution in [0.15, 0.2) is 30.3 Å². The molecule has 0 radical (unpaired) electrons. The SMILES string of the molecule is OC(CCC1CO1)c1ccccc1. The summed E-state index contributed by atoms with van der Waals surface area (Å²) < 4.78 is 5.08. The Morgan fingerprint density at radius 2 is 2.08 bits per heavy atom. The first-order chi connectivity index (χ1) is 6.36. The van der Waals surface area contributed by atoms with Crippen LogP contribution in [0.5, 0.6) is 0 Å². The predicted octanol–water partition coefficient (Wildman–Crippen LogP) is 1.90. The molecule has 2 atom stereocenters. The summed E-state index contributed by atoms with van der Waals surface area (Å²) in [6.45, 7) is 0.876. The van der Waals surface area contributed by atoms with Gasteiger partial charge >= 0.3 is 0 Å². The Balaban J connectivity index is 1.85. The van der Waals surface area contributed by atoms with E-state index in [0.29, 0.717) is 6.10 Å². The molecule has 2 unspecified atom stereocenters. The zero-order valence-corrected chi connectivity index (χ0v) is 7.52. The van der Waals surface area contributed by atoms with Gasteiger partial charge in [-0.05, 0) is 18.4 Å². The molecular weight excluding hydrogens is 164 g/mol. The molecule has 0 spiro atoms. The summed E-state index contributed by atoms with van der Waals surface area (Å²) in [4.78, 5) is 0. The smallest absolute Gasteiger partial charge is 0.0811 e. The molecule has 1 fully saturated rings. The first kappa shape index (κ1) is 8.73. The predicted molar refractivity (Wildman–Crippen MR) is 50.4 cm³/mol. The van der Waals surface area contributed by atoms with Crippen LogP contribution in [0.4, 0.5) is 0 Å². The van der Waals surface area contributed by atoms with Crippen molar-refractivity contribution in [1.29, 1.82) is 0 Å². The van der Waals surface area contributed by atoms with Crippen molar-refractivity contribution in [2.45, 2.75) is 25.0 Å². The second-order valence-electron chi connectivity index (χ2n) is 3.46. The van der Waals surface area contributed by atoms with E-state index >= 15 is 0 Å². The number of aliphatic hydroxyl groups excluding tert-OH is 1. The van der Waals surface area contributed by atoms with Crippen molar-refractivity contribution in [2.24, 2.45) is 0 Å². The van der Waals surface area contributed by atoms with Crippen LogP contribution < -0.4 is 0 Å².